The van der Waals surface area contributed by atoms with Crippen molar-refractivity contribution in [3.05, 3.63) is 48.0 Å². The largest absolute Gasteiger partial charge is 0.481 e. The molecule has 0 atom stereocenters. The van der Waals surface area contributed by atoms with Crippen LogP contribution in [0.25, 0.3) is 27.8 Å². The second-order valence-electron chi connectivity index (χ2n) is 7.83. The second-order valence-corrected chi connectivity index (χ2v) is 7.83. The van der Waals surface area contributed by atoms with Crippen LogP contribution in [0, 0.1) is 18.3 Å². The first-order chi connectivity index (χ1) is 14.6. The van der Waals surface area contributed by atoms with Crippen LogP contribution in [0.5, 0.6) is 0 Å². The van der Waals surface area contributed by atoms with E-state index in [2.05, 4.69) is 15.9 Å². The number of nitrogens with one attached hydrogen (secondary N) is 1. The Bertz CT molecular complexity index is 1320. The number of nitrogen functional groups attached to an aromatic ring is 1. The second kappa shape index (κ2) is 6.92. The van der Waals surface area contributed by atoms with Crippen LogP contribution in [0.2, 0.25) is 0 Å². The van der Waals surface area contributed by atoms with Gasteiger partial charge in [0, 0.05) is 29.3 Å². The molecule has 4 N–H and O–H groups in total. The average Bonchev–Trinajstić information content (AvgIpc) is 3.36. The van der Waals surface area contributed by atoms with Crippen molar-refractivity contribution >= 4 is 28.2 Å². The van der Waals surface area contributed by atoms with Gasteiger partial charge in [-0.3, -0.25) is 9.20 Å². The van der Waals surface area contributed by atoms with Gasteiger partial charge >= 0.3 is 5.97 Å². The molecule has 1 aliphatic rings. The first-order valence-corrected chi connectivity index (χ1v) is 10.0. The van der Waals surface area contributed by atoms with Gasteiger partial charge in [0.2, 0.25) is 0 Å². The van der Waals surface area contributed by atoms with Gasteiger partial charge in [0.05, 0.1) is 17.1 Å². The number of H-pyrrole nitrogens is 1. The van der Waals surface area contributed by atoms with Crippen LogP contribution in [-0.4, -0.2) is 30.4 Å². The molecule has 30 heavy (non-hydrogen) atoms. The molecule has 3 heterocycles. The number of anilines is 1. The quantitative estimate of drug-likeness (QED) is 0.454. The van der Waals surface area contributed by atoms with Gasteiger partial charge in [0.1, 0.15) is 22.9 Å². The Balaban J connectivity index is 1.64. The average molecular weight is 399 g/mol. The van der Waals surface area contributed by atoms with E-state index in [1.807, 2.05) is 34.9 Å². The van der Waals surface area contributed by atoms with Gasteiger partial charge in [-0.2, -0.15) is 0 Å². The number of carbonyl (C=O) groups is 1. The van der Waals surface area contributed by atoms with E-state index in [9.17, 15) is 9.90 Å². The Morgan fingerprint density at radius 2 is 2.10 bits per heavy atom. The molecule has 0 bridgehead atoms. The lowest BCUT2D eigenvalue weighted by Gasteiger charge is -2.25. The lowest BCUT2D eigenvalue weighted by Crippen LogP contribution is -2.21. The van der Waals surface area contributed by atoms with Crippen LogP contribution in [0.15, 0.2) is 36.7 Å². The standard InChI is InChI=1S/C23H21N5O2/c1-2-13-4-3-5-16-12-17(26-18(13)16)19-20-21(24)25-10-11-28(20)22(27-19)14-6-8-15(9-7-14)23(29)30/h1,3-5,10-12,14-15,26H,6-9H2,(H2,24,25)(H,29,30)/t14-,15+. The van der Waals surface area contributed by atoms with Crippen LogP contribution in [0.1, 0.15) is 43.0 Å². The van der Waals surface area contributed by atoms with Crippen molar-refractivity contribution in [3.8, 4) is 23.7 Å². The molecule has 4 aromatic rings. The van der Waals surface area contributed by atoms with E-state index in [4.69, 9.17) is 17.1 Å². The number of fused-ring (bicyclic) bond motifs is 2. The first kappa shape index (κ1) is 18.3. The number of hydrogen-bond acceptors (Lipinski definition) is 4. The molecule has 0 spiro atoms. The number of terminal acetylenes is 1. The molecule has 7 nitrogen and oxygen atoms in total. The highest BCUT2D eigenvalue weighted by Gasteiger charge is 2.30. The molecule has 3 aromatic heterocycles. The number of aromatic nitrogens is 4. The van der Waals surface area contributed by atoms with E-state index < -0.39 is 5.97 Å². The molecular weight excluding hydrogens is 378 g/mol. The highest BCUT2D eigenvalue weighted by atomic mass is 16.4. The predicted molar refractivity (Wildman–Crippen MR) is 115 cm³/mol. The van der Waals surface area contributed by atoms with Crippen molar-refractivity contribution in [3.63, 3.8) is 0 Å². The van der Waals surface area contributed by atoms with E-state index in [0.717, 1.165) is 52.0 Å². The number of rotatable bonds is 3. The summed E-state index contributed by atoms with van der Waals surface area (Å²) in [5.74, 6) is 3.21. The van der Waals surface area contributed by atoms with Gasteiger partial charge in [-0.25, -0.2) is 9.97 Å². The molecule has 5 rings (SSSR count). The number of hydrogen-bond donors (Lipinski definition) is 3. The smallest absolute Gasteiger partial charge is 0.306 e. The Hall–Kier alpha value is -3.79. The lowest BCUT2D eigenvalue weighted by molar-refractivity contribution is -0.142. The minimum atomic E-state index is -0.710. The number of para-hydroxylation sites is 1. The summed E-state index contributed by atoms with van der Waals surface area (Å²) >= 11 is 0. The fourth-order valence-corrected chi connectivity index (χ4v) is 4.57. The Morgan fingerprint density at radius 3 is 2.83 bits per heavy atom. The maximum atomic E-state index is 11.3. The summed E-state index contributed by atoms with van der Waals surface area (Å²) in [6.45, 7) is 0. The van der Waals surface area contributed by atoms with Crippen molar-refractivity contribution in [1.29, 1.82) is 0 Å². The number of nitrogens with two attached hydrogens (primary N) is 1. The number of carboxylic acid groups (broad SMARTS) is 1. The van der Waals surface area contributed by atoms with Crippen molar-refractivity contribution < 1.29 is 9.90 Å². The van der Waals surface area contributed by atoms with Gasteiger partial charge in [0.15, 0.2) is 0 Å². The summed E-state index contributed by atoms with van der Waals surface area (Å²) in [6, 6.07) is 7.86. The van der Waals surface area contributed by atoms with E-state index in [0.29, 0.717) is 18.7 Å². The molecule has 0 radical (unpaired) electrons. The SMILES string of the molecule is C#Cc1cccc2cc(-c3nc([C@H]4CC[C@@H](C(=O)O)CC4)n4ccnc(N)c34)[nH]c12. The fraction of sp³-hybridized carbons (Fsp3) is 0.261. The Labute approximate surface area is 173 Å². The van der Waals surface area contributed by atoms with Crippen LogP contribution in [0.4, 0.5) is 5.82 Å². The maximum Gasteiger partial charge on any atom is 0.306 e. The molecule has 1 aliphatic carbocycles. The predicted octanol–water partition coefficient (Wildman–Crippen LogP) is 3.80. The van der Waals surface area contributed by atoms with Gasteiger partial charge < -0.3 is 15.8 Å². The van der Waals surface area contributed by atoms with Crippen molar-refractivity contribution in [2.45, 2.75) is 31.6 Å². The minimum absolute atomic E-state index is 0.175. The monoisotopic (exact) mass is 399 g/mol. The molecule has 0 amide bonds. The number of nitrogens with zero attached hydrogens (tertiary/aromatic N) is 3. The Kier molecular flexibility index (Phi) is 4.21. The third-order valence-corrected chi connectivity index (χ3v) is 6.12. The van der Waals surface area contributed by atoms with E-state index in [1.54, 1.807) is 6.20 Å². The molecule has 1 fully saturated rings. The summed E-state index contributed by atoms with van der Waals surface area (Å²) in [5, 5.41) is 10.3. The summed E-state index contributed by atoms with van der Waals surface area (Å²) in [5.41, 5.74) is 10.2. The zero-order chi connectivity index (χ0) is 20.8. The fourth-order valence-electron chi connectivity index (χ4n) is 4.57. The zero-order valence-electron chi connectivity index (χ0n) is 16.3. The summed E-state index contributed by atoms with van der Waals surface area (Å²) in [4.78, 5) is 24.0. The van der Waals surface area contributed by atoms with Crippen LogP contribution >= 0.6 is 0 Å². The Morgan fingerprint density at radius 1 is 1.30 bits per heavy atom. The minimum Gasteiger partial charge on any atom is -0.481 e. The highest BCUT2D eigenvalue weighted by molar-refractivity contribution is 5.93. The van der Waals surface area contributed by atoms with E-state index >= 15 is 0 Å². The van der Waals surface area contributed by atoms with Gasteiger partial charge in [-0.05, 0) is 37.8 Å². The molecule has 0 aliphatic heterocycles. The maximum absolute atomic E-state index is 11.3. The molecule has 0 unspecified atom stereocenters. The highest BCUT2D eigenvalue weighted by Crippen LogP contribution is 2.39. The lowest BCUT2D eigenvalue weighted by atomic mass is 9.81. The summed E-state index contributed by atoms with van der Waals surface area (Å²) in [6.07, 6.45) is 12.1. The molecule has 150 valence electrons. The van der Waals surface area contributed by atoms with Crippen molar-refractivity contribution in [2.24, 2.45) is 5.92 Å². The van der Waals surface area contributed by atoms with Gasteiger partial charge in [0.25, 0.3) is 0 Å². The van der Waals surface area contributed by atoms with Crippen LogP contribution in [-0.2, 0) is 4.79 Å². The van der Waals surface area contributed by atoms with Crippen molar-refractivity contribution in [1.82, 2.24) is 19.4 Å². The number of carboxylic acids is 1. The molecular formula is C23H21N5O2. The van der Waals surface area contributed by atoms with Gasteiger partial charge in [-0.15, -0.1) is 6.42 Å². The van der Waals surface area contributed by atoms with E-state index in [-0.39, 0.29) is 11.8 Å². The molecule has 7 heteroatoms. The van der Waals surface area contributed by atoms with Gasteiger partial charge in [-0.1, -0.05) is 18.1 Å². The summed E-state index contributed by atoms with van der Waals surface area (Å²) in [7, 11) is 0. The molecule has 0 saturated heterocycles. The topological polar surface area (TPSA) is 109 Å². The molecule has 1 saturated carbocycles. The first-order valence-electron chi connectivity index (χ1n) is 10.0. The number of aliphatic carboxylic acids is 1. The van der Waals surface area contributed by atoms with Crippen molar-refractivity contribution in [2.75, 3.05) is 5.73 Å². The van der Waals surface area contributed by atoms with E-state index in [1.165, 1.54) is 0 Å². The number of aromatic amines is 1. The number of benzene rings is 1. The summed E-state index contributed by atoms with van der Waals surface area (Å²) < 4.78 is 2.00. The zero-order valence-corrected chi connectivity index (χ0v) is 16.3. The number of imidazole rings is 1. The third-order valence-electron chi connectivity index (χ3n) is 6.12. The third kappa shape index (κ3) is 2.80. The normalized spacial score (nSPS) is 19.2. The molecule has 1 aromatic carbocycles. The van der Waals surface area contributed by atoms with Crippen LogP contribution in [0.3, 0.4) is 0 Å². The van der Waals surface area contributed by atoms with Crippen LogP contribution < -0.4 is 5.73 Å².